The van der Waals surface area contributed by atoms with Crippen molar-refractivity contribution in [2.45, 2.75) is 4.90 Å². The van der Waals surface area contributed by atoms with Crippen LogP contribution in [0.15, 0.2) is 23.2 Å². The number of rotatable bonds is 1. The third kappa shape index (κ3) is 1.33. The van der Waals surface area contributed by atoms with Crippen LogP contribution in [-0.2, 0) is 11.1 Å². The van der Waals surface area contributed by atoms with E-state index >= 15 is 0 Å². The van der Waals surface area contributed by atoms with Crippen molar-refractivity contribution in [3.05, 3.63) is 29.2 Å². The number of nitrogens with one attached hydrogen (secondary N) is 1. The molecule has 1 aromatic heterocycles. The lowest BCUT2D eigenvalue weighted by Crippen LogP contribution is -1.85. The molecular formula is C8H5ClFNO2S. The molecule has 1 unspecified atom stereocenters. The highest BCUT2D eigenvalue weighted by Gasteiger charge is 2.12. The zero-order valence-corrected chi connectivity index (χ0v) is 8.32. The van der Waals surface area contributed by atoms with Gasteiger partial charge in [-0.05, 0) is 12.1 Å². The minimum absolute atomic E-state index is 0.0702. The Kier molecular flexibility index (Phi) is 2.30. The van der Waals surface area contributed by atoms with Crippen molar-refractivity contribution in [2.24, 2.45) is 0 Å². The van der Waals surface area contributed by atoms with Crippen molar-refractivity contribution in [2.75, 3.05) is 0 Å². The average molecular weight is 234 g/mol. The summed E-state index contributed by atoms with van der Waals surface area (Å²) in [6.07, 6.45) is 1.34. The molecule has 0 spiro atoms. The fourth-order valence-corrected chi connectivity index (χ4v) is 1.99. The third-order valence-corrected chi connectivity index (χ3v) is 2.98. The first-order valence-corrected chi connectivity index (χ1v) is 5.15. The van der Waals surface area contributed by atoms with Crippen LogP contribution in [0.4, 0.5) is 4.39 Å². The first-order chi connectivity index (χ1) is 6.61. The zero-order chi connectivity index (χ0) is 10.3. The smallest absolute Gasteiger partial charge is 0.188 e. The number of aromatic amines is 1. The van der Waals surface area contributed by atoms with Gasteiger partial charge < -0.3 is 9.54 Å². The molecule has 2 rings (SSSR count). The van der Waals surface area contributed by atoms with E-state index in [4.69, 9.17) is 16.2 Å². The lowest BCUT2D eigenvalue weighted by Gasteiger charge is -1.96. The molecule has 0 aliphatic rings. The van der Waals surface area contributed by atoms with Crippen LogP contribution in [0.5, 0.6) is 0 Å². The Bertz CT molecular complexity index is 525. The maximum atomic E-state index is 13.0. The third-order valence-electron chi connectivity index (χ3n) is 1.90. The molecule has 0 saturated heterocycles. The molecule has 3 nitrogen and oxygen atoms in total. The number of benzene rings is 1. The molecule has 1 aromatic carbocycles. The van der Waals surface area contributed by atoms with Crippen LogP contribution in [0.25, 0.3) is 10.9 Å². The van der Waals surface area contributed by atoms with Crippen molar-refractivity contribution in [1.82, 2.24) is 4.98 Å². The van der Waals surface area contributed by atoms with Crippen molar-refractivity contribution in [3.63, 3.8) is 0 Å². The van der Waals surface area contributed by atoms with E-state index in [2.05, 4.69) is 4.98 Å². The van der Waals surface area contributed by atoms with Gasteiger partial charge in [0.15, 0.2) is 11.1 Å². The number of hydrogen-bond acceptors (Lipinski definition) is 1. The van der Waals surface area contributed by atoms with Crippen molar-refractivity contribution in [3.8, 4) is 0 Å². The Morgan fingerprint density at radius 3 is 2.86 bits per heavy atom. The molecule has 2 N–H and O–H groups in total. The van der Waals surface area contributed by atoms with E-state index in [0.717, 1.165) is 6.07 Å². The molecule has 6 heteroatoms. The second-order valence-corrected chi connectivity index (χ2v) is 4.00. The van der Waals surface area contributed by atoms with Gasteiger partial charge >= 0.3 is 0 Å². The second kappa shape index (κ2) is 3.34. The summed E-state index contributed by atoms with van der Waals surface area (Å²) in [6, 6.07) is 2.57. The van der Waals surface area contributed by atoms with Gasteiger partial charge in [0.05, 0.1) is 10.4 Å². The van der Waals surface area contributed by atoms with Crippen LogP contribution >= 0.6 is 11.6 Å². The molecule has 2 aromatic rings. The maximum absolute atomic E-state index is 13.0. The molecule has 0 bridgehead atoms. The van der Waals surface area contributed by atoms with Crippen LogP contribution in [-0.4, -0.2) is 13.7 Å². The summed E-state index contributed by atoms with van der Waals surface area (Å²) in [6.45, 7) is 0. The summed E-state index contributed by atoms with van der Waals surface area (Å²) in [5.41, 5.74) is 0.337. The normalized spacial score (nSPS) is 13.4. The number of fused-ring (bicyclic) bond motifs is 1. The minimum Gasteiger partial charge on any atom is -0.359 e. The van der Waals surface area contributed by atoms with Gasteiger partial charge in [-0.25, -0.2) is 8.60 Å². The quantitative estimate of drug-likeness (QED) is 0.744. The predicted octanol–water partition coefficient (Wildman–Crippen LogP) is 2.54. The Hall–Kier alpha value is -0.910. The SMILES string of the molecule is O=S(O)c1c[nH]c2c(Cl)c(F)ccc12. The summed E-state index contributed by atoms with van der Waals surface area (Å²) in [7, 11) is 0. The average Bonchev–Trinajstić information content (AvgIpc) is 2.55. The molecule has 0 aliphatic carbocycles. The van der Waals surface area contributed by atoms with Crippen LogP contribution in [0, 0.1) is 5.82 Å². The molecule has 14 heavy (non-hydrogen) atoms. The number of halogens is 2. The van der Waals surface area contributed by atoms with Crippen LogP contribution in [0.3, 0.4) is 0 Å². The topological polar surface area (TPSA) is 53.1 Å². The first kappa shape index (κ1) is 9.64. The van der Waals surface area contributed by atoms with E-state index in [1.54, 1.807) is 0 Å². The summed E-state index contributed by atoms with van der Waals surface area (Å²) < 4.78 is 32.7. The van der Waals surface area contributed by atoms with E-state index in [1.807, 2.05) is 0 Å². The number of aromatic nitrogens is 1. The van der Waals surface area contributed by atoms with E-state index < -0.39 is 16.9 Å². The summed E-state index contributed by atoms with van der Waals surface area (Å²) >= 11 is 3.56. The first-order valence-electron chi connectivity index (χ1n) is 3.67. The van der Waals surface area contributed by atoms with Crippen LogP contribution < -0.4 is 0 Å². The van der Waals surface area contributed by atoms with Gasteiger partial charge in [-0.3, -0.25) is 0 Å². The van der Waals surface area contributed by atoms with E-state index in [1.165, 1.54) is 12.3 Å². The molecule has 0 radical (unpaired) electrons. The molecule has 1 atom stereocenters. The van der Waals surface area contributed by atoms with Gasteiger partial charge in [0, 0.05) is 11.6 Å². The van der Waals surface area contributed by atoms with E-state index in [0.29, 0.717) is 10.9 Å². The number of H-pyrrole nitrogens is 1. The molecule has 0 amide bonds. The highest BCUT2D eigenvalue weighted by atomic mass is 35.5. The summed E-state index contributed by atoms with van der Waals surface area (Å²) in [5, 5.41) is 0.386. The number of hydrogen-bond donors (Lipinski definition) is 2. The molecule has 1 heterocycles. The van der Waals surface area contributed by atoms with Crippen molar-refractivity contribution < 1.29 is 13.2 Å². The van der Waals surface area contributed by atoms with E-state index in [9.17, 15) is 8.60 Å². The zero-order valence-electron chi connectivity index (χ0n) is 6.75. The van der Waals surface area contributed by atoms with Gasteiger partial charge in [0.1, 0.15) is 10.8 Å². The summed E-state index contributed by atoms with van der Waals surface area (Å²) in [4.78, 5) is 2.85. The van der Waals surface area contributed by atoms with Gasteiger partial charge in [-0.1, -0.05) is 11.6 Å². The molecular weight excluding hydrogens is 229 g/mol. The van der Waals surface area contributed by atoms with Crippen LogP contribution in [0.1, 0.15) is 0 Å². The van der Waals surface area contributed by atoms with Crippen molar-refractivity contribution >= 4 is 33.6 Å². The highest BCUT2D eigenvalue weighted by Crippen LogP contribution is 2.28. The lowest BCUT2D eigenvalue weighted by atomic mass is 10.2. The minimum atomic E-state index is -2.10. The molecule has 0 saturated carbocycles. The molecule has 0 aliphatic heterocycles. The Morgan fingerprint density at radius 2 is 2.21 bits per heavy atom. The predicted molar refractivity (Wildman–Crippen MR) is 52.3 cm³/mol. The summed E-state index contributed by atoms with van der Waals surface area (Å²) in [5.74, 6) is -0.559. The van der Waals surface area contributed by atoms with Gasteiger partial charge in [-0.15, -0.1) is 0 Å². The Balaban J connectivity index is 2.83. The molecule has 0 fully saturated rings. The van der Waals surface area contributed by atoms with Gasteiger partial charge in [-0.2, -0.15) is 0 Å². The lowest BCUT2D eigenvalue weighted by molar-refractivity contribution is 0.565. The fourth-order valence-electron chi connectivity index (χ4n) is 1.26. The van der Waals surface area contributed by atoms with Crippen LogP contribution in [0.2, 0.25) is 5.02 Å². The fraction of sp³-hybridized carbons (Fsp3) is 0. The standard InChI is InChI=1S/C8H5ClFNO2S/c9-7-5(10)2-1-4-6(14(12)13)3-11-8(4)7/h1-3,11H,(H,12,13). The second-order valence-electron chi connectivity index (χ2n) is 2.69. The Morgan fingerprint density at radius 1 is 1.50 bits per heavy atom. The molecule has 74 valence electrons. The largest absolute Gasteiger partial charge is 0.359 e. The van der Waals surface area contributed by atoms with E-state index in [-0.39, 0.29) is 9.92 Å². The maximum Gasteiger partial charge on any atom is 0.188 e. The highest BCUT2D eigenvalue weighted by molar-refractivity contribution is 7.79. The van der Waals surface area contributed by atoms with Crippen molar-refractivity contribution in [1.29, 1.82) is 0 Å². The van der Waals surface area contributed by atoms with Gasteiger partial charge in [0.2, 0.25) is 0 Å². The Labute approximate surface area is 86.2 Å². The van der Waals surface area contributed by atoms with Gasteiger partial charge in [0.25, 0.3) is 0 Å². The monoisotopic (exact) mass is 233 g/mol.